The summed E-state index contributed by atoms with van der Waals surface area (Å²) in [6, 6.07) is 17.8. The molecule has 1 aliphatic heterocycles. The van der Waals surface area contributed by atoms with E-state index in [1.54, 1.807) is 36.5 Å². The Morgan fingerprint density at radius 1 is 0.929 bits per heavy atom. The maximum absolute atomic E-state index is 12.4. The minimum atomic E-state index is -0.297. The van der Waals surface area contributed by atoms with E-state index in [-0.39, 0.29) is 18.5 Å². The van der Waals surface area contributed by atoms with Gasteiger partial charge < -0.3 is 9.73 Å². The minimum Gasteiger partial charge on any atom is -0.434 e. The van der Waals surface area contributed by atoms with Crippen molar-refractivity contribution < 1.29 is 14.0 Å². The van der Waals surface area contributed by atoms with Crippen LogP contribution in [0.3, 0.4) is 0 Å². The van der Waals surface area contributed by atoms with E-state index in [4.69, 9.17) is 4.42 Å². The zero-order valence-corrected chi connectivity index (χ0v) is 14.6. The van der Waals surface area contributed by atoms with Crippen molar-refractivity contribution in [3.05, 3.63) is 78.0 Å². The molecule has 0 spiro atoms. The Labute approximate surface area is 159 Å². The summed E-state index contributed by atoms with van der Waals surface area (Å²) in [5.41, 5.74) is 3.53. The van der Waals surface area contributed by atoms with Crippen molar-refractivity contribution >= 4 is 28.7 Å². The van der Waals surface area contributed by atoms with Gasteiger partial charge in [0, 0.05) is 17.4 Å². The number of aromatic nitrogens is 2. The van der Waals surface area contributed by atoms with Crippen molar-refractivity contribution in [2.75, 3.05) is 12.0 Å². The molecule has 1 aliphatic rings. The van der Waals surface area contributed by atoms with Crippen molar-refractivity contribution in [3.8, 4) is 11.5 Å². The molecule has 0 radical (unpaired) electrons. The summed E-state index contributed by atoms with van der Waals surface area (Å²) in [6.45, 7) is 0.0743. The number of anilines is 1. The molecule has 7 nitrogen and oxygen atoms in total. The number of rotatable bonds is 4. The lowest BCUT2D eigenvalue weighted by Crippen LogP contribution is -2.34. The maximum Gasteiger partial charge on any atom is 0.263 e. The Morgan fingerprint density at radius 2 is 1.71 bits per heavy atom. The quantitative estimate of drug-likeness (QED) is 0.553. The predicted octanol–water partition coefficient (Wildman–Crippen LogP) is 3.56. The highest BCUT2D eigenvalue weighted by atomic mass is 16.3. The fourth-order valence-corrected chi connectivity index (χ4v) is 3.21. The molecule has 0 fully saturated rings. The average Bonchev–Trinajstić information content (AvgIpc) is 3.27. The molecule has 3 heterocycles. The van der Waals surface area contributed by atoms with Crippen molar-refractivity contribution in [2.24, 2.45) is 0 Å². The predicted molar refractivity (Wildman–Crippen MR) is 103 cm³/mol. The molecule has 0 unspecified atom stereocenters. The minimum absolute atomic E-state index is 0.0743. The maximum atomic E-state index is 12.4. The summed E-state index contributed by atoms with van der Waals surface area (Å²) >= 11 is 0. The fourth-order valence-electron chi connectivity index (χ4n) is 3.21. The lowest BCUT2D eigenvalue weighted by atomic mass is 10.1. The number of hydrogen-bond donors (Lipinski definition) is 1. The highest BCUT2D eigenvalue weighted by Gasteiger charge is 2.34. The topological polar surface area (TPSA) is 88.3 Å². The molecule has 0 aliphatic carbocycles. The average molecular weight is 370 g/mol. The number of hydrogen-bond acceptors (Lipinski definition) is 6. The number of fused-ring (bicyclic) bond motifs is 2. The van der Waals surface area contributed by atoms with Gasteiger partial charge in [-0.25, -0.2) is 4.98 Å². The van der Waals surface area contributed by atoms with Crippen molar-refractivity contribution in [1.29, 1.82) is 0 Å². The van der Waals surface area contributed by atoms with Gasteiger partial charge >= 0.3 is 0 Å². The van der Waals surface area contributed by atoms with Gasteiger partial charge in [-0.1, -0.05) is 18.2 Å². The Morgan fingerprint density at radius 3 is 2.46 bits per heavy atom. The molecule has 28 heavy (non-hydrogen) atoms. The Hall–Kier alpha value is -4.00. The standard InChI is InChI=1S/C21H14N4O3/c26-20-15-7-1-2-8-16(15)21(27)25(20)12-23-14-6-3-5-13(11-14)19-24-18-17(28-19)9-4-10-22-18/h1-11,23H,12H2. The number of nitrogens with one attached hydrogen (secondary N) is 1. The van der Waals surface area contributed by atoms with E-state index in [1.807, 2.05) is 30.3 Å². The number of pyridine rings is 1. The van der Waals surface area contributed by atoms with Crippen LogP contribution in [0, 0.1) is 0 Å². The van der Waals surface area contributed by atoms with Crippen molar-refractivity contribution in [2.45, 2.75) is 0 Å². The van der Waals surface area contributed by atoms with Gasteiger partial charge in [0.25, 0.3) is 11.8 Å². The van der Waals surface area contributed by atoms with E-state index in [2.05, 4.69) is 15.3 Å². The van der Waals surface area contributed by atoms with Crippen LogP contribution < -0.4 is 5.32 Å². The van der Waals surface area contributed by atoms with Crippen LogP contribution in [0.1, 0.15) is 20.7 Å². The summed E-state index contributed by atoms with van der Waals surface area (Å²) in [5.74, 6) is -0.137. The smallest absolute Gasteiger partial charge is 0.263 e. The lowest BCUT2D eigenvalue weighted by Gasteiger charge is -2.15. The summed E-state index contributed by atoms with van der Waals surface area (Å²) in [5, 5.41) is 3.13. The van der Waals surface area contributed by atoms with Crippen LogP contribution >= 0.6 is 0 Å². The number of oxazole rings is 1. The summed E-state index contributed by atoms with van der Waals surface area (Å²) in [4.78, 5) is 34.7. The van der Waals surface area contributed by atoms with Gasteiger partial charge in [0.15, 0.2) is 11.2 Å². The van der Waals surface area contributed by atoms with Crippen LogP contribution in [0.15, 0.2) is 71.3 Å². The second-order valence-electron chi connectivity index (χ2n) is 6.34. The van der Waals surface area contributed by atoms with E-state index < -0.39 is 0 Å². The molecule has 5 rings (SSSR count). The largest absolute Gasteiger partial charge is 0.434 e. The molecule has 136 valence electrons. The van der Waals surface area contributed by atoms with Crippen molar-refractivity contribution in [3.63, 3.8) is 0 Å². The Bertz CT molecular complexity index is 1160. The van der Waals surface area contributed by atoms with E-state index in [1.165, 1.54) is 4.90 Å². The zero-order chi connectivity index (χ0) is 19.1. The molecule has 0 saturated heterocycles. The van der Waals surface area contributed by atoms with Crippen LogP contribution in [0.25, 0.3) is 22.7 Å². The molecule has 2 aromatic carbocycles. The number of carbonyl (C=O) groups is 2. The molecular formula is C21H14N4O3. The second-order valence-corrected chi connectivity index (χ2v) is 6.34. The number of nitrogens with zero attached hydrogens (tertiary/aromatic N) is 3. The Kier molecular flexibility index (Phi) is 3.65. The first-order valence-electron chi connectivity index (χ1n) is 8.72. The molecule has 0 saturated carbocycles. The van der Waals surface area contributed by atoms with Gasteiger partial charge in [-0.05, 0) is 42.5 Å². The third-order valence-electron chi connectivity index (χ3n) is 4.59. The molecular weight excluding hydrogens is 356 g/mol. The second kappa shape index (κ2) is 6.31. The van der Waals surface area contributed by atoms with E-state index >= 15 is 0 Å². The zero-order valence-electron chi connectivity index (χ0n) is 14.6. The first-order chi connectivity index (χ1) is 13.7. The molecule has 1 N–H and O–H groups in total. The normalized spacial score (nSPS) is 13.2. The number of amides is 2. The molecule has 4 aromatic rings. The first-order valence-corrected chi connectivity index (χ1v) is 8.72. The molecule has 7 heteroatoms. The molecule has 2 amide bonds. The summed E-state index contributed by atoms with van der Waals surface area (Å²) in [6.07, 6.45) is 1.66. The van der Waals surface area contributed by atoms with Gasteiger partial charge in [0.2, 0.25) is 5.89 Å². The molecule has 0 bridgehead atoms. The summed E-state index contributed by atoms with van der Waals surface area (Å²) < 4.78 is 5.74. The number of benzene rings is 2. The number of carbonyl (C=O) groups excluding carboxylic acids is 2. The van der Waals surface area contributed by atoms with Crippen LogP contribution in [0.5, 0.6) is 0 Å². The van der Waals surface area contributed by atoms with Crippen LogP contribution in [0.4, 0.5) is 5.69 Å². The van der Waals surface area contributed by atoms with E-state index in [0.29, 0.717) is 28.2 Å². The van der Waals surface area contributed by atoms with Crippen LogP contribution in [0.2, 0.25) is 0 Å². The monoisotopic (exact) mass is 370 g/mol. The van der Waals surface area contributed by atoms with Gasteiger partial charge in [0.05, 0.1) is 17.8 Å². The lowest BCUT2D eigenvalue weighted by molar-refractivity contribution is 0.0666. The van der Waals surface area contributed by atoms with Gasteiger partial charge in [-0.3, -0.25) is 14.5 Å². The Balaban J connectivity index is 1.36. The molecule has 2 aromatic heterocycles. The van der Waals surface area contributed by atoms with Crippen LogP contribution in [-0.2, 0) is 0 Å². The first kappa shape index (κ1) is 16.2. The fraction of sp³-hybridized carbons (Fsp3) is 0.0476. The van der Waals surface area contributed by atoms with Crippen LogP contribution in [-0.4, -0.2) is 33.4 Å². The van der Waals surface area contributed by atoms with Gasteiger partial charge in [-0.15, -0.1) is 0 Å². The third kappa shape index (κ3) is 2.61. The number of imide groups is 1. The van der Waals surface area contributed by atoms with E-state index in [9.17, 15) is 9.59 Å². The summed E-state index contributed by atoms with van der Waals surface area (Å²) in [7, 11) is 0. The van der Waals surface area contributed by atoms with Crippen molar-refractivity contribution in [1.82, 2.24) is 14.9 Å². The third-order valence-corrected chi connectivity index (χ3v) is 4.59. The SMILES string of the molecule is O=C1c2ccccc2C(=O)N1CNc1cccc(-c2nc3ncccc3o2)c1. The molecule has 0 atom stereocenters. The van der Waals surface area contributed by atoms with Gasteiger partial charge in [-0.2, -0.15) is 4.98 Å². The highest BCUT2D eigenvalue weighted by Crippen LogP contribution is 2.26. The van der Waals surface area contributed by atoms with Gasteiger partial charge in [0.1, 0.15) is 0 Å². The van der Waals surface area contributed by atoms with E-state index in [0.717, 1.165) is 11.3 Å². The highest BCUT2D eigenvalue weighted by molar-refractivity contribution is 6.21.